The Labute approximate surface area is 281 Å². The van der Waals surface area contributed by atoms with Gasteiger partial charge in [0.25, 0.3) is 0 Å². The van der Waals surface area contributed by atoms with Crippen molar-refractivity contribution in [3.8, 4) is 17.2 Å². The Morgan fingerprint density at radius 3 is 2.42 bits per heavy atom. The van der Waals surface area contributed by atoms with E-state index in [1.165, 1.54) is 0 Å². The van der Waals surface area contributed by atoms with Crippen molar-refractivity contribution >= 4 is 17.4 Å². The number of aryl methyl sites for hydroxylation is 1. The van der Waals surface area contributed by atoms with Crippen molar-refractivity contribution in [2.24, 2.45) is 5.92 Å². The zero-order valence-electron chi connectivity index (χ0n) is 27.3. The molecule has 1 unspecified atom stereocenters. The Balaban J connectivity index is 1.11. The quantitative estimate of drug-likeness (QED) is 0.117. The first-order chi connectivity index (χ1) is 23.5. The summed E-state index contributed by atoms with van der Waals surface area (Å²) in [7, 11) is 0. The van der Waals surface area contributed by atoms with Gasteiger partial charge >= 0.3 is 0 Å². The van der Waals surface area contributed by atoms with E-state index in [0.29, 0.717) is 49.6 Å². The Morgan fingerprint density at radius 2 is 1.67 bits per heavy atom. The van der Waals surface area contributed by atoms with Gasteiger partial charge in [0.1, 0.15) is 11.5 Å². The second-order valence-electron chi connectivity index (χ2n) is 12.2. The smallest absolute Gasteiger partial charge is 0.226 e. The second kappa shape index (κ2) is 16.1. The maximum atomic E-state index is 13.4. The van der Waals surface area contributed by atoms with Gasteiger partial charge in [-0.2, -0.15) is 0 Å². The second-order valence-corrected chi connectivity index (χ2v) is 12.2. The van der Waals surface area contributed by atoms with Crippen LogP contribution in [-0.2, 0) is 17.6 Å². The van der Waals surface area contributed by atoms with Crippen molar-refractivity contribution in [2.45, 2.75) is 38.6 Å². The van der Waals surface area contributed by atoms with E-state index in [1.807, 2.05) is 116 Å². The molecule has 2 atom stereocenters. The minimum atomic E-state index is -0.157. The molecular weight excluding hydrogens is 600 g/mol. The van der Waals surface area contributed by atoms with Crippen molar-refractivity contribution in [3.63, 3.8) is 0 Å². The molecule has 0 aliphatic carbocycles. The van der Waals surface area contributed by atoms with Crippen LogP contribution >= 0.6 is 0 Å². The van der Waals surface area contributed by atoms with Gasteiger partial charge in [0.2, 0.25) is 11.8 Å². The maximum absolute atomic E-state index is 13.4. The Bertz CT molecular complexity index is 1780. The van der Waals surface area contributed by atoms with E-state index in [1.54, 1.807) is 0 Å². The normalized spacial score (nSPS) is 15.0. The number of hydrogen-bond donors (Lipinski definition) is 3. The minimum absolute atomic E-state index is 0.0336. The number of amides is 1. The molecule has 1 saturated heterocycles. The van der Waals surface area contributed by atoms with Crippen LogP contribution in [0.2, 0.25) is 0 Å². The maximum Gasteiger partial charge on any atom is 0.226 e. The lowest BCUT2D eigenvalue weighted by Crippen LogP contribution is -2.44. The lowest BCUT2D eigenvalue weighted by molar-refractivity contribution is -0.125. The van der Waals surface area contributed by atoms with E-state index >= 15 is 0 Å². The number of benzene rings is 4. The number of carbonyl (C=O) groups excluding carboxylic acids is 2. The summed E-state index contributed by atoms with van der Waals surface area (Å²) in [5.74, 6) is 2.16. The summed E-state index contributed by atoms with van der Waals surface area (Å²) in [6.07, 6.45) is 3.15. The summed E-state index contributed by atoms with van der Waals surface area (Å²) in [5, 5.41) is 10.1. The molecule has 0 bridgehead atoms. The molecule has 0 saturated carbocycles. The molecule has 0 spiro atoms. The van der Waals surface area contributed by atoms with Crippen molar-refractivity contribution in [1.82, 2.24) is 15.6 Å². The van der Waals surface area contributed by atoms with Crippen LogP contribution in [0.4, 0.5) is 5.69 Å². The summed E-state index contributed by atoms with van der Waals surface area (Å²) >= 11 is 0. The predicted molar refractivity (Wildman–Crippen MR) is 188 cm³/mol. The number of anilines is 1. The fourth-order valence-corrected chi connectivity index (χ4v) is 6.03. The van der Waals surface area contributed by atoms with Gasteiger partial charge in [-0.05, 0) is 74.7 Å². The van der Waals surface area contributed by atoms with E-state index in [0.717, 1.165) is 53.4 Å². The molecule has 1 amide bonds. The van der Waals surface area contributed by atoms with Gasteiger partial charge in [0, 0.05) is 47.9 Å². The first-order valence-corrected chi connectivity index (χ1v) is 16.7. The van der Waals surface area contributed by atoms with Crippen molar-refractivity contribution < 1.29 is 18.7 Å². The molecule has 5 aromatic rings. The number of hydrogen-bond acceptors (Lipinski definition) is 7. The minimum Gasteiger partial charge on any atom is -0.493 e. The number of ketones is 1. The average Bonchev–Trinajstić information content (AvgIpc) is 3.52. The van der Waals surface area contributed by atoms with Crippen molar-refractivity contribution in [1.29, 1.82) is 0 Å². The first kappa shape index (κ1) is 32.7. The summed E-state index contributed by atoms with van der Waals surface area (Å²) in [6, 6.07) is 34.6. The van der Waals surface area contributed by atoms with Crippen molar-refractivity contribution in [3.05, 3.63) is 137 Å². The Morgan fingerprint density at radius 1 is 0.938 bits per heavy atom. The van der Waals surface area contributed by atoms with Gasteiger partial charge in [-0.15, -0.1) is 0 Å². The third-order valence-corrected chi connectivity index (χ3v) is 8.68. The molecule has 0 radical (unpaired) electrons. The van der Waals surface area contributed by atoms with E-state index < -0.39 is 0 Å². The van der Waals surface area contributed by atoms with Gasteiger partial charge in [-0.1, -0.05) is 72.8 Å². The van der Waals surface area contributed by atoms with Gasteiger partial charge < -0.3 is 25.1 Å². The van der Waals surface area contributed by atoms with Crippen LogP contribution < -0.4 is 20.7 Å². The van der Waals surface area contributed by atoms with E-state index in [2.05, 4.69) is 20.9 Å². The number of piperidine rings is 1. The molecule has 1 fully saturated rings. The van der Waals surface area contributed by atoms with Crippen molar-refractivity contribution in [2.75, 3.05) is 31.6 Å². The lowest BCUT2D eigenvalue weighted by atomic mass is 9.98. The SMILES string of the molecule is Cc1oc(-c2ccccc2)nc1CCOc1ccc(C[C@@H](CNC(=O)C2CCCNC2)Nc2ccccc2C(=O)c2ccccc2)cc1. The number of para-hydroxylation sites is 1. The molecule has 3 N–H and O–H groups in total. The van der Waals surface area contributed by atoms with E-state index in [4.69, 9.17) is 9.15 Å². The molecular formula is C40H42N4O4. The molecule has 2 heterocycles. The summed E-state index contributed by atoms with van der Waals surface area (Å²) in [5.41, 5.74) is 4.89. The molecule has 48 heavy (non-hydrogen) atoms. The highest BCUT2D eigenvalue weighted by molar-refractivity contribution is 6.12. The predicted octanol–water partition coefficient (Wildman–Crippen LogP) is 6.64. The molecule has 1 aliphatic heterocycles. The topological polar surface area (TPSA) is 105 Å². The zero-order chi connectivity index (χ0) is 33.1. The number of ether oxygens (including phenoxy) is 1. The highest BCUT2D eigenvalue weighted by atomic mass is 16.5. The number of rotatable bonds is 14. The number of oxazole rings is 1. The largest absolute Gasteiger partial charge is 0.493 e. The number of carbonyl (C=O) groups is 2. The highest BCUT2D eigenvalue weighted by Crippen LogP contribution is 2.24. The van der Waals surface area contributed by atoms with Crippen LogP contribution in [0.3, 0.4) is 0 Å². The van der Waals surface area contributed by atoms with E-state index in [-0.39, 0.29) is 23.7 Å². The van der Waals surface area contributed by atoms with Gasteiger partial charge in [-0.25, -0.2) is 4.98 Å². The van der Waals surface area contributed by atoms with Crippen LogP contribution in [0.25, 0.3) is 11.5 Å². The summed E-state index contributed by atoms with van der Waals surface area (Å²) < 4.78 is 12.0. The molecule has 246 valence electrons. The van der Waals surface area contributed by atoms with Crippen LogP contribution in [0, 0.1) is 12.8 Å². The number of nitrogens with zero attached hydrogens (tertiary/aromatic N) is 1. The molecule has 8 heteroatoms. The fraction of sp³-hybridized carbons (Fsp3) is 0.275. The zero-order valence-corrected chi connectivity index (χ0v) is 27.3. The van der Waals surface area contributed by atoms with Crippen LogP contribution in [0.5, 0.6) is 5.75 Å². The third-order valence-electron chi connectivity index (χ3n) is 8.68. The molecule has 6 rings (SSSR count). The van der Waals surface area contributed by atoms with E-state index in [9.17, 15) is 9.59 Å². The van der Waals surface area contributed by atoms with Crippen LogP contribution in [-0.4, -0.2) is 49.0 Å². The Kier molecular flexibility index (Phi) is 11.0. The van der Waals surface area contributed by atoms with Crippen LogP contribution in [0.1, 0.15) is 45.8 Å². The standard InChI is InChI=1S/C40H42N4O4/c1-28-36(44-40(48-28)31-13-6-3-7-14-31)22-24-47-34-20-18-29(19-21-34)25-33(27-42-39(46)32-15-10-23-41-26-32)43-37-17-9-8-16-35(37)38(45)30-11-4-2-5-12-30/h2-9,11-14,16-21,32-33,41,43H,10,15,22-27H2,1H3,(H,42,46)/t32?,33-/m0/s1. The molecule has 1 aliphatic rings. The highest BCUT2D eigenvalue weighted by Gasteiger charge is 2.23. The molecule has 1 aromatic heterocycles. The van der Waals surface area contributed by atoms with Crippen LogP contribution in [0.15, 0.2) is 114 Å². The fourth-order valence-electron chi connectivity index (χ4n) is 6.03. The average molecular weight is 643 g/mol. The Hall–Kier alpha value is -5.21. The monoisotopic (exact) mass is 642 g/mol. The van der Waals surface area contributed by atoms with Gasteiger partial charge in [0.15, 0.2) is 5.78 Å². The first-order valence-electron chi connectivity index (χ1n) is 16.7. The lowest BCUT2D eigenvalue weighted by Gasteiger charge is -2.25. The van der Waals surface area contributed by atoms with Gasteiger partial charge in [-0.3, -0.25) is 9.59 Å². The summed E-state index contributed by atoms with van der Waals surface area (Å²) in [6.45, 7) is 4.47. The number of nitrogens with one attached hydrogen (secondary N) is 3. The third kappa shape index (κ3) is 8.57. The molecule has 4 aromatic carbocycles. The number of aromatic nitrogens is 1. The molecule has 8 nitrogen and oxygen atoms in total. The van der Waals surface area contributed by atoms with Gasteiger partial charge in [0.05, 0.1) is 18.2 Å². The summed E-state index contributed by atoms with van der Waals surface area (Å²) in [4.78, 5) is 31.2.